The molecular weight excluding hydrogens is 468 g/mol. The van der Waals surface area contributed by atoms with Crippen LogP contribution in [0.25, 0.3) is 0 Å². The third kappa shape index (κ3) is 6.43. The first-order valence-electron chi connectivity index (χ1n) is 13.0. The molecule has 8 heteroatoms. The highest BCUT2D eigenvalue weighted by atomic mass is 16.5. The maximum atomic E-state index is 13.2. The maximum absolute atomic E-state index is 13.2. The number of esters is 1. The van der Waals surface area contributed by atoms with E-state index in [0.29, 0.717) is 17.8 Å². The van der Waals surface area contributed by atoms with Crippen LogP contribution in [0.3, 0.4) is 0 Å². The van der Waals surface area contributed by atoms with Gasteiger partial charge in [0.15, 0.2) is 0 Å². The number of rotatable bonds is 8. The molecule has 2 heterocycles. The van der Waals surface area contributed by atoms with E-state index in [1.807, 2.05) is 38.1 Å². The molecule has 1 saturated heterocycles. The molecule has 2 aromatic rings. The van der Waals surface area contributed by atoms with Crippen LogP contribution in [0.5, 0.6) is 5.75 Å². The summed E-state index contributed by atoms with van der Waals surface area (Å²) in [6.45, 7) is 13.2. The number of carbonyl (C=O) groups is 2. The predicted octanol–water partition coefficient (Wildman–Crippen LogP) is 4.16. The number of amides is 2. The Morgan fingerprint density at radius 3 is 2.54 bits per heavy atom. The van der Waals surface area contributed by atoms with Gasteiger partial charge in [-0.1, -0.05) is 24.3 Å². The minimum absolute atomic E-state index is 0.0554. The monoisotopic (exact) mass is 506 g/mol. The summed E-state index contributed by atoms with van der Waals surface area (Å²) in [6, 6.07) is 15.4. The number of anilines is 1. The SMILES string of the molecule is CCOC(=O)C1=C(CN2CCN(c3cccc(C)c3)[C@H](C)C2)NC(=O)N[C@@H]1c1ccc(OC(C)C)cc1. The normalized spacial score (nSPS) is 20.5. The topological polar surface area (TPSA) is 83.1 Å². The lowest BCUT2D eigenvalue weighted by Gasteiger charge is -2.42. The summed E-state index contributed by atoms with van der Waals surface area (Å²) in [7, 11) is 0. The zero-order chi connectivity index (χ0) is 26.5. The predicted molar refractivity (Wildman–Crippen MR) is 145 cm³/mol. The summed E-state index contributed by atoms with van der Waals surface area (Å²) in [5, 5.41) is 5.82. The standard InChI is InChI=1S/C29H38N4O4/c1-6-36-28(34)26-25(18-32-14-15-33(21(5)17-32)23-9-7-8-20(4)16-23)30-29(35)31-27(26)22-10-12-24(13-11-22)37-19(2)3/h7-13,16,19,21,27H,6,14-15,17-18H2,1-5H3,(H2,30,31,35)/t21-,27-/m1/s1. The van der Waals surface area contributed by atoms with Crippen LogP contribution in [-0.4, -0.2) is 61.8 Å². The van der Waals surface area contributed by atoms with Crippen molar-refractivity contribution in [2.45, 2.75) is 52.8 Å². The molecule has 8 nitrogen and oxygen atoms in total. The van der Waals surface area contributed by atoms with Crippen molar-refractivity contribution in [3.63, 3.8) is 0 Å². The average molecular weight is 507 g/mol. The van der Waals surface area contributed by atoms with Crippen molar-refractivity contribution in [3.8, 4) is 5.75 Å². The lowest BCUT2D eigenvalue weighted by atomic mass is 9.94. The summed E-state index contributed by atoms with van der Waals surface area (Å²) in [5.41, 5.74) is 4.28. The molecule has 198 valence electrons. The molecule has 0 spiro atoms. The number of urea groups is 1. The van der Waals surface area contributed by atoms with Crippen LogP contribution in [0.1, 0.15) is 44.9 Å². The number of nitrogens with one attached hydrogen (secondary N) is 2. The number of hydrogen-bond acceptors (Lipinski definition) is 6. The number of hydrogen-bond donors (Lipinski definition) is 2. The highest BCUT2D eigenvalue weighted by molar-refractivity contribution is 5.95. The van der Waals surface area contributed by atoms with Gasteiger partial charge < -0.3 is 25.0 Å². The van der Waals surface area contributed by atoms with Gasteiger partial charge in [0.1, 0.15) is 5.75 Å². The minimum Gasteiger partial charge on any atom is -0.491 e. The number of benzene rings is 2. The summed E-state index contributed by atoms with van der Waals surface area (Å²) in [5.74, 6) is 0.310. The Bertz CT molecular complexity index is 1140. The second-order valence-electron chi connectivity index (χ2n) is 10.00. The van der Waals surface area contributed by atoms with Gasteiger partial charge in [0.05, 0.1) is 24.3 Å². The van der Waals surface area contributed by atoms with Gasteiger partial charge >= 0.3 is 12.0 Å². The second kappa shape index (κ2) is 11.7. The van der Waals surface area contributed by atoms with E-state index in [4.69, 9.17) is 9.47 Å². The van der Waals surface area contributed by atoms with Gasteiger partial charge in [-0.05, 0) is 70.0 Å². The number of aryl methyl sites for hydroxylation is 1. The molecule has 0 bridgehead atoms. The number of piperazine rings is 1. The molecule has 37 heavy (non-hydrogen) atoms. The van der Waals surface area contributed by atoms with Crippen molar-refractivity contribution in [3.05, 3.63) is 70.9 Å². The summed E-state index contributed by atoms with van der Waals surface area (Å²) < 4.78 is 11.2. The molecule has 0 unspecified atom stereocenters. The Balaban J connectivity index is 1.57. The third-order valence-electron chi connectivity index (χ3n) is 6.66. The molecule has 2 amide bonds. The van der Waals surface area contributed by atoms with Gasteiger partial charge in [0, 0.05) is 43.6 Å². The lowest BCUT2D eigenvalue weighted by Crippen LogP contribution is -2.54. The van der Waals surface area contributed by atoms with E-state index in [0.717, 1.165) is 30.9 Å². The van der Waals surface area contributed by atoms with Gasteiger partial charge in [0.25, 0.3) is 0 Å². The number of carbonyl (C=O) groups excluding carboxylic acids is 2. The van der Waals surface area contributed by atoms with Crippen LogP contribution in [0, 0.1) is 6.92 Å². The third-order valence-corrected chi connectivity index (χ3v) is 6.66. The zero-order valence-corrected chi connectivity index (χ0v) is 22.4. The first-order chi connectivity index (χ1) is 17.7. The van der Waals surface area contributed by atoms with Crippen LogP contribution >= 0.6 is 0 Å². The fourth-order valence-corrected chi connectivity index (χ4v) is 5.04. The van der Waals surface area contributed by atoms with Crippen molar-refractivity contribution in [2.75, 3.05) is 37.7 Å². The van der Waals surface area contributed by atoms with E-state index in [1.165, 1.54) is 11.3 Å². The highest BCUT2D eigenvalue weighted by Crippen LogP contribution is 2.30. The fourth-order valence-electron chi connectivity index (χ4n) is 5.04. The average Bonchev–Trinajstić information content (AvgIpc) is 2.84. The van der Waals surface area contributed by atoms with Gasteiger partial charge in [-0.2, -0.15) is 0 Å². The molecule has 2 aliphatic heterocycles. The number of ether oxygens (including phenoxy) is 2. The summed E-state index contributed by atoms with van der Waals surface area (Å²) in [4.78, 5) is 30.6. The van der Waals surface area contributed by atoms with E-state index in [1.54, 1.807) is 6.92 Å². The Hall–Kier alpha value is -3.52. The van der Waals surface area contributed by atoms with Crippen molar-refractivity contribution in [2.24, 2.45) is 0 Å². The minimum atomic E-state index is -0.609. The molecule has 0 radical (unpaired) electrons. The number of nitrogens with zero attached hydrogens (tertiary/aromatic N) is 2. The molecule has 0 saturated carbocycles. The summed E-state index contributed by atoms with van der Waals surface area (Å²) in [6.07, 6.45) is 0.0554. The van der Waals surface area contributed by atoms with Crippen LogP contribution in [0.15, 0.2) is 59.8 Å². The van der Waals surface area contributed by atoms with E-state index in [9.17, 15) is 9.59 Å². The maximum Gasteiger partial charge on any atom is 0.338 e. The van der Waals surface area contributed by atoms with E-state index in [-0.39, 0.29) is 24.8 Å². The lowest BCUT2D eigenvalue weighted by molar-refractivity contribution is -0.139. The van der Waals surface area contributed by atoms with E-state index < -0.39 is 12.0 Å². The van der Waals surface area contributed by atoms with Crippen LogP contribution in [-0.2, 0) is 9.53 Å². The molecule has 2 aliphatic rings. The quantitative estimate of drug-likeness (QED) is 0.523. The van der Waals surface area contributed by atoms with Crippen LogP contribution in [0.4, 0.5) is 10.5 Å². The first kappa shape index (κ1) is 26.5. The second-order valence-corrected chi connectivity index (χ2v) is 10.00. The fraction of sp³-hybridized carbons (Fsp3) is 0.448. The van der Waals surface area contributed by atoms with Crippen molar-refractivity contribution >= 4 is 17.7 Å². The highest BCUT2D eigenvalue weighted by Gasteiger charge is 2.35. The largest absolute Gasteiger partial charge is 0.491 e. The Morgan fingerprint density at radius 2 is 1.89 bits per heavy atom. The van der Waals surface area contributed by atoms with Gasteiger partial charge in [-0.15, -0.1) is 0 Å². The summed E-state index contributed by atoms with van der Waals surface area (Å²) >= 11 is 0. The zero-order valence-electron chi connectivity index (χ0n) is 22.4. The molecule has 1 fully saturated rings. The molecular formula is C29H38N4O4. The Morgan fingerprint density at radius 1 is 1.14 bits per heavy atom. The van der Waals surface area contributed by atoms with Gasteiger partial charge in [0.2, 0.25) is 0 Å². The Labute approximate surface area is 219 Å². The van der Waals surface area contributed by atoms with Crippen LogP contribution < -0.4 is 20.3 Å². The van der Waals surface area contributed by atoms with Crippen molar-refractivity contribution in [1.82, 2.24) is 15.5 Å². The molecule has 2 aromatic carbocycles. The molecule has 4 rings (SSSR count). The van der Waals surface area contributed by atoms with Gasteiger partial charge in [-0.25, -0.2) is 9.59 Å². The smallest absolute Gasteiger partial charge is 0.338 e. The van der Waals surface area contributed by atoms with Gasteiger partial charge in [-0.3, -0.25) is 4.90 Å². The van der Waals surface area contributed by atoms with E-state index in [2.05, 4.69) is 58.5 Å². The molecule has 0 aromatic heterocycles. The molecule has 0 aliphatic carbocycles. The first-order valence-corrected chi connectivity index (χ1v) is 13.0. The molecule has 2 N–H and O–H groups in total. The Kier molecular flexibility index (Phi) is 8.38. The van der Waals surface area contributed by atoms with Crippen molar-refractivity contribution in [1.29, 1.82) is 0 Å². The van der Waals surface area contributed by atoms with E-state index >= 15 is 0 Å². The molecule has 2 atom stereocenters. The van der Waals surface area contributed by atoms with Crippen molar-refractivity contribution < 1.29 is 19.1 Å². The van der Waals surface area contributed by atoms with Crippen LogP contribution in [0.2, 0.25) is 0 Å².